The third-order valence-electron chi connectivity index (χ3n) is 1.93. The van der Waals surface area contributed by atoms with Gasteiger partial charge in [0, 0.05) is 4.88 Å². The van der Waals surface area contributed by atoms with Crippen molar-refractivity contribution in [1.29, 1.82) is 0 Å². The number of aryl methyl sites for hydroxylation is 1. The van der Waals surface area contributed by atoms with Crippen LogP contribution in [0.5, 0.6) is 5.75 Å². The van der Waals surface area contributed by atoms with Crippen LogP contribution in [0.25, 0.3) is 0 Å². The van der Waals surface area contributed by atoms with E-state index in [1.54, 1.807) is 18.4 Å². The van der Waals surface area contributed by atoms with Gasteiger partial charge in [0.25, 0.3) is 0 Å². The maximum atomic E-state index is 5.24. The van der Waals surface area contributed by atoms with Crippen molar-refractivity contribution in [2.45, 2.75) is 12.8 Å². The predicted molar refractivity (Wildman–Crippen MR) is 57.7 cm³/mol. The first kappa shape index (κ1) is 10.5. The van der Waals surface area contributed by atoms with Crippen molar-refractivity contribution in [3.63, 3.8) is 0 Å². The number of nitrogens with zero attached hydrogens (tertiary/aromatic N) is 1. The minimum atomic E-state index is 1.05. The van der Waals surface area contributed by atoms with Crippen LogP contribution in [0.1, 0.15) is 11.3 Å². The lowest BCUT2D eigenvalue weighted by Crippen LogP contribution is -2.13. The molecule has 0 radical (unpaired) electrons. The highest BCUT2D eigenvalue weighted by Crippen LogP contribution is 2.25. The number of hydrogen-bond acceptors (Lipinski definition) is 3. The SMILES string of the molecule is COc1ccsc1CCCN(C)C. The molecular formula is C10H17NOS. The van der Waals surface area contributed by atoms with Crippen molar-refractivity contribution in [1.82, 2.24) is 4.90 Å². The number of hydrogen-bond donors (Lipinski definition) is 0. The molecule has 0 aliphatic rings. The Hall–Kier alpha value is -0.540. The lowest BCUT2D eigenvalue weighted by atomic mass is 10.2. The highest BCUT2D eigenvalue weighted by molar-refractivity contribution is 7.10. The third kappa shape index (κ3) is 3.36. The molecule has 0 aliphatic heterocycles. The summed E-state index contributed by atoms with van der Waals surface area (Å²) in [5.41, 5.74) is 0. The van der Waals surface area contributed by atoms with Crippen LogP contribution in [0.2, 0.25) is 0 Å². The van der Waals surface area contributed by atoms with E-state index in [0.717, 1.165) is 18.7 Å². The summed E-state index contributed by atoms with van der Waals surface area (Å²) >= 11 is 1.78. The maximum Gasteiger partial charge on any atom is 0.132 e. The molecule has 1 aromatic heterocycles. The zero-order chi connectivity index (χ0) is 9.68. The van der Waals surface area contributed by atoms with Gasteiger partial charge in [-0.15, -0.1) is 11.3 Å². The molecule has 0 saturated heterocycles. The zero-order valence-corrected chi connectivity index (χ0v) is 9.36. The smallest absolute Gasteiger partial charge is 0.132 e. The summed E-state index contributed by atoms with van der Waals surface area (Å²) in [5, 5.41) is 2.09. The van der Waals surface area contributed by atoms with Crippen LogP contribution in [0.15, 0.2) is 11.4 Å². The second-order valence-electron chi connectivity index (χ2n) is 3.32. The first-order chi connectivity index (χ1) is 6.24. The van der Waals surface area contributed by atoms with Crippen molar-refractivity contribution in [3.8, 4) is 5.75 Å². The number of ether oxygens (including phenoxy) is 1. The van der Waals surface area contributed by atoms with E-state index in [-0.39, 0.29) is 0 Å². The molecule has 0 fully saturated rings. The summed E-state index contributed by atoms with van der Waals surface area (Å²) in [6.45, 7) is 1.14. The van der Waals surface area contributed by atoms with E-state index in [0.29, 0.717) is 0 Å². The van der Waals surface area contributed by atoms with E-state index in [2.05, 4.69) is 24.4 Å². The number of thiophene rings is 1. The molecule has 0 N–H and O–H groups in total. The second kappa shape index (κ2) is 5.25. The maximum absolute atomic E-state index is 5.24. The molecule has 13 heavy (non-hydrogen) atoms. The fourth-order valence-electron chi connectivity index (χ4n) is 1.25. The molecule has 0 amide bonds. The molecule has 2 nitrogen and oxygen atoms in total. The number of rotatable bonds is 5. The van der Waals surface area contributed by atoms with E-state index >= 15 is 0 Å². The van der Waals surface area contributed by atoms with Crippen LogP contribution in [-0.2, 0) is 6.42 Å². The van der Waals surface area contributed by atoms with Gasteiger partial charge in [0.05, 0.1) is 7.11 Å². The van der Waals surface area contributed by atoms with Gasteiger partial charge in [-0.05, 0) is 44.9 Å². The van der Waals surface area contributed by atoms with Gasteiger partial charge in [0.15, 0.2) is 0 Å². The summed E-state index contributed by atoms with van der Waals surface area (Å²) in [5.74, 6) is 1.05. The highest BCUT2D eigenvalue weighted by Gasteiger charge is 2.03. The van der Waals surface area contributed by atoms with E-state index in [1.807, 2.05) is 6.07 Å². The Morgan fingerprint density at radius 1 is 1.46 bits per heavy atom. The van der Waals surface area contributed by atoms with Crippen LogP contribution in [0, 0.1) is 0 Å². The fourth-order valence-corrected chi connectivity index (χ4v) is 2.13. The van der Waals surface area contributed by atoms with E-state index in [1.165, 1.54) is 11.3 Å². The molecule has 1 rings (SSSR count). The zero-order valence-electron chi connectivity index (χ0n) is 8.54. The first-order valence-electron chi connectivity index (χ1n) is 4.49. The van der Waals surface area contributed by atoms with Crippen molar-refractivity contribution < 1.29 is 4.74 Å². The minimum Gasteiger partial charge on any atom is -0.496 e. The Labute approximate surface area is 84.1 Å². The van der Waals surface area contributed by atoms with Crippen molar-refractivity contribution in [2.24, 2.45) is 0 Å². The first-order valence-corrected chi connectivity index (χ1v) is 5.37. The van der Waals surface area contributed by atoms with Gasteiger partial charge in [-0.25, -0.2) is 0 Å². The lowest BCUT2D eigenvalue weighted by Gasteiger charge is -2.08. The Balaban J connectivity index is 2.36. The molecule has 1 aromatic rings. The van der Waals surface area contributed by atoms with Gasteiger partial charge in [-0.3, -0.25) is 0 Å². The second-order valence-corrected chi connectivity index (χ2v) is 4.32. The molecule has 0 spiro atoms. The Morgan fingerprint density at radius 3 is 2.85 bits per heavy atom. The van der Waals surface area contributed by atoms with Crippen LogP contribution in [-0.4, -0.2) is 32.6 Å². The molecule has 0 atom stereocenters. The average Bonchev–Trinajstić information content (AvgIpc) is 2.51. The predicted octanol–water partition coefficient (Wildman–Crippen LogP) is 2.25. The summed E-state index contributed by atoms with van der Waals surface area (Å²) < 4.78 is 5.24. The minimum absolute atomic E-state index is 1.05. The van der Waals surface area contributed by atoms with E-state index in [4.69, 9.17) is 4.74 Å². The molecule has 0 unspecified atom stereocenters. The summed E-state index contributed by atoms with van der Waals surface area (Å²) in [4.78, 5) is 3.57. The molecule has 1 heterocycles. The summed E-state index contributed by atoms with van der Waals surface area (Å²) in [7, 11) is 5.94. The van der Waals surface area contributed by atoms with Gasteiger partial charge in [0.1, 0.15) is 5.75 Å². The van der Waals surface area contributed by atoms with E-state index < -0.39 is 0 Å². The van der Waals surface area contributed by atoms with Gasteiger partial charge >= 0.3 is 0 Å². The largest absolute Gasteiger partial charge is 0.496 e. The monoisotopic (exact) mass is 199 g/mol. The summed E-state index contributed by atoms with van der Waals surface area (Å²) in [6.07, 6.45) is 2.32. The molecule has 0 aromatic carbocycles. The normalized spacial score (nSPS) is 10.8. The van der Waals surface area contributed by atoms with Crippen molar-refractivity contribution >= 4 is 11.3 Å². The number of methoxy groups -OCH3 is 1. The van der Waals surface area contributed by atoms with Gasteiger partial charge < -0.3 is 9.64 Å². The fraction of sp³-hybridized carbons (Fsp3) is 0.600. The van der Waals surface area contributed by atoms with Gasteiger partial charge in [-0.2, -0.15) is 0 Å². The van der Waals surface area contributed by atoms with E-state index in [9.17, 15) is 0 Å². The molecule has 0 saturated carbocycles. The van der Waals surface area contributed by atoms with Crippen LogP contribution < -0.4 is 4.74 Å². The molecular weight excluding hydrogens is 182 g/mol. The van der Waals surface area contributed by atoms with Crippen LogP contribution in [0.3, 0.4) is 0 Å². The standard InChI is InChI=1S/C10H17NOS/c1-11(2)7-4-5-10-9(12-3)6-8-13-10/h6,8H,4-5,7H2,1-3H3. The van der Waals surface area contributed by atoms with Crippen molar-refractivity contribution in [3.05, 3.63) is 16.3 Å². The molecule has 74 valence electrons. The van der Waals surface area contributed by atoms with Crippen LogP contribution >= 0.6 is 11.3 Å². The lowest BCUT2D eigenvalue weighted by molar-refractivity contribution is 0.393. The Kier molecular flexibility index (Phi) is 4.25. The highest BCUT2D eigenvalue weighted by atomic mass is 32.1. The van der Waals surface area contributed by atoms with Gasteiger partial charge in [-0.1, -0.05) is 0 Å². The Bertz CT molecular complexity index is 245. The van der Waals surface area contributed by atoms with Crippen molar-refractivity contribution in [2.75, 3.05) is 27.7 Å². The molecule has 0 aliphatic carbocycles. The Morgan fingerprint density at radius 2 is 2.23 bits per heavy atom. The summed E-state index contributed by atoms with van der Waals surface area (Å²) in [6, 6.07) is 2.04. The average molecular weight is 199 g/mol. The molecule has 3 heteroatoms. The topological polar surface area (TPSA) is 12.5 Å². The quantitative estimate of drug-likeness (QED) is 0.721. The van der Waals surface area contributed by atoms with Crippen LogP contribution in [0.4, 0.5) is 0 Å². The van der Waals surface area contributed by atoms with Gasteiger partial charge in [0.2, 0.25) is 0 Å². The molecule has 0 bridgehead atoms. The third-order valence-corrected chi connectivity index (χ3v) is 2.90.